The molecule has 0 bridgehead atoms. The fourth-order valence-corrected chi connectivity index (χ4v) is 2.28. The molecule has 0 aliphatic carbocycles. The van der Waals surface area contributed by atoms with E-state index in [0.29, 0.717) is 5.69 Å². The molecule has 2 rings (SSSR count). The van der Waals surface area contributed by atoms with Gasteiger partial charge in [0.2, 0.25) is 0 Å². The van der Waals surface area contributed by atoms with Gasteiger partial charge < -0.3 is 9.64 Å². The van der Waals surface area contributed by atoms with Gasteiger partial charge in [-0.25, -0.2) is 13.6 Å². The topological polar surface area (TPSA) is 46.6 Å². The van der Waals surface area contributed by atoms with Crippen LogP contribution in [0.1, 0.15) is 24.2 Å². The van der Waals surface area contributed by atoms with Crippen LogP contribution in [0.25, 0.3) is 0 Å². The third-order valence-electron chi connectivity index (χ3n) is 3.31. The van der Waals surface area contributed by atoms with Crippen LogP contribution in [0.3, 0.4) is 0 Å². The minimum Gasteiger partial charge on any atom is -0.452 e. The van der Waals surface area contributed by atoms with Gasteiger partial charge in [0.25, 0.3) is 5.91 Å². The number of benzene rings is 2. The number of amides is 1. The number of hydrogen-bond acceptors (Lipinski definition) is 3. The molecule has 2 aromatic rings. The van der Waals surface area contributed by atoms with E-state index in [9.17, 15) is 18.4 Å². The van der Waals surface area contributed by atoms with Gasteiger partial charge in [-0.05, 0) is 38.1 Å². The zero-order valence-electron chi connectivity index (χ0n) is 13.3. The third kappa shape index (κ3) is 3.95. The SMILES string of the molecule is CC(C)N(C(=O)COC(=O)c1c(F)cccc1F)c1ccccc1. The first kappa shape index (κ1) is 17.6. The van der Waals surface area contributed by atoms with E-state index < -0.39 is 35.7 Å². The van der Waals surface area contributed by atoms with Crippen molar-refractivity contribution in [2.75, 3.05) is 11.5 Å². The van der Waals surface area contributed by atoms with Crippen LogP contribution < -0.4 is 4.90 Å². The predicted octanol–water partition coefficient (Wildman–Crippen LogP) is 3.56. The second kappa shape index (κ2) is 7.68. The van der Waals surface area contributed by atoms with Crippen molar-refractivity contribution in [2.45, 2.75) is 19.9 Å². The van der Waals surface area contributed by atoms with Gasteiger partial charge in [0, 0.05) is 11.7 Å². The van der Waals surface area contributed by atoms with Crippen LogP contribution in [0, 0.1) is 11.6 Å². The molecule has 0 aliphatic rings. The van der Waals surface area contributed by atoms with Crippen LogP contribution in [-0.2, 0) is 9.53 Å². The lowest BCUT2D eigenvalue weighted by atomic mass is 10.2. The van der Waals surface area contributed by atoms with E-state index in [1.807, 2.05) is 19.9 Å². The van der Waals surface area contributed by atoms with E-state index in [4.69, 9.17) is 4.74 Å². The van der Waals surface area contributed by atoms with E-state index in [1.165, 1.54) is 4.90 Å². The number of anilines is 1. The lowest BCUT2D eigenvalue weighted by Crippen LogP contribution is -2.40. The minimum absolute atomic E-state index is 0.177. The second-order valence-electron chi connectivity index (χ2n) is 5.37. The Kier molecular flexibility index (Phi) is 5.63. The Morgan fingerprint density at radius 3 is 2.12 bits per heavy atom. The first-order valence-corrected chi connectivity index (χ1v) is 7.40. The summed E-state index contributed by atoms with van der Waals surface area (Å²) in [6.45, 7) is 3.01. The second-order valence-corrected chi connectivity index (χ2v) is 5.37. The smallest absolute Gasteiger partial charge is 0.344 e. The summed E-state index contributed by atoms with van der Waals surface area (Å²) in [7, 11) is 0. The van der Waals surface area contributed by atoms with Gasteiger partial charge in [-0.2, -0.15) is 0 Å². The summed E-state index contributed by atoms with van der Waals surface area (Å²) in [4.78, 5) is 25.6. The Hall–Kier alpha value is -2.76. The maximum Gasteiger partial charge on any atom is 0.344 e. The highest BCUT2D eigenvalue weighted by Gasteiger charge is 2.23. The maximum absolute atomic E-state index is 13.5. The zero-order chi connectivity index (χ0) is 17.7. The number of esters is 1. The van der Waals surface area contributed by atoms with E-state index >= 15 is 0 Å². The normalized spacial score (nSPS) is 10.5. The van der Waals surface area contributed by atoms with Crippen LogP contribution in [-0.4, -0.2) is 24.5 Å². The standard InChI is InChI=1S/C18H17F2NO3/c1-12(2)21(13-7-4-3-5-8-13)16(22)11-24-18(23)17-14(19)9-6-10-15(17)20/h3-10,12H,11H2,1-2H3. The maximum atomic E-state index is 13.5. The molecular weight excluding hydrogens is 316 g/mol. The summed E-state index contributed by atoms with van der Waals surface area (Å²) in [5, 5.41) is 0. The molecule has 0 spiro atoms. The first-order valence-electron chi connectivity index (χ1n) is 7.40. The summed E-state index contributed by atoms with van der Waals surface area (Å²) < 4.78 is 31.9. The highest BCUT2D eigenvalue weighted by molar-refractivity contribution is 5.97. The summed E-state index contributed by atoms with van der Waals surface area (Å²) in [5.74, 6) is -3.76. The van der Waals surface area contributed by atoms with E-state index in [2.05, 4.69) is 0 Å². The molecule has 0 radical (unpaired) electrons. The Labute approximate surface area is 138 Å². The van der Waals surface area contributed by atoms with Crippen molar-refractivity contribution in [1.29, 1.82) is 0 Å². The van der Waals surface area contributed by atoms with Crippen molar-refractivity contribution >= 4 is 17.6 Å². The molecule has 0 atom stereocenters. The minimum atomic E-state index is -1.21. The number of ether oxygens (including phenoxy) is 1. The number of carbonyl (C=O) groups excluding carboxylic acids is 2. The molecule has 0 fully saturated rings. The highest BCUT2D eigenvalue weighted by atomic mass is 19.1. The van der Waals surface area contributed by atoms with Crippen LogP contribution in [0.2, 0.25) is 0 Å². The van der Waals surface area contributed by atoms with Gasteiger partial charge in [-0.1, -0.05) is 24.3 Å². The fourth-order valence-electron chi connectivity index (χ4n) is 2.28. The fraction of sp³-hybridized carbons (Fsp3) is 0.222. The summed E-state index contributed by atoms with van der Waals surface area (Å²) in [6.07, 6.45) is 0. The van der Waals surface area contributed by atoms with Crippen molar-refractivity contribution in [3.63, 3.8) is 0 Å². The van der Waals surface area contributed by atoms with Crippen LogP contribution >= 0.6 is 0 Å². The van der Waals surface area contributed by atoms with E-state index in [-0.39, 0.29) is 6.04 Å². The van der Waals surface area contributed by atoms with Gasteiger partial charge >= 0.3 is 5.97 Å². The monoisotopic (exact) mass is 333 g/mol. The molecule has 0 unspecified atom stereocenters. The molecular formula is C18H17F2NO3. The number of para-hydroxylation sites is 1. The van der Waals surface area contributed by atoms with Gasteiger partial charge in [0.15, 0.2) is 6.61 Å². The largest absolute Gasteiger partial charge is 0.452 e. The van der Waals surface area contributed by atoms with Crippen LogP contribution in [0.15, 0.2) is 48.5 Å². The molecule has 6 heteroatoms. The molecule has 24 heavy (non-hydrogen) atoms. The molecule has 0 heterocycles. The molecule has 126 valence electrons. The lowest BCUT2D eigenvalue weighted by Gasteiger charge is -2.26. The van der Waals surface area contributed by atoms with Crippen LogP contribution in [0.5, 0.6) is 0 Å². The molecule has 0 saturated carbocycles. The van der Waals surface area contributed by atoms with Crippen molar-refractivity contribution in [2.24, 2.45) is 0 Å². The Balaban J connectivity index is 2.10. The third-order valence-corrected chi connectivity index (χ3v) is 3.31. The Bertz CT molecular complexity index is 712. The van der Waals surface area contributed by atoms with Gasteiger partial charge in [-0.15, -0.1) is 0 Å². The number of halogens is 2. The average Bonchev–Trinajstić information content (AvgIpc) is 2.53. The van der Waals surface area contributed by atoms with Crippen molar-refractivity contribution in [1.82, 2.24) is 0 Å². The Morgan fingerprint density at radius 1 is 1.00 bits per heavy atom. The highest BCUT2D eigenvalue weighted by Crippen LogP contribution is 2.17. The first-order chi connectivity index (χ1) is 11.4. The van der Waals surface area contributed by atoms with Crippen molar-refractivity contribution in [3.05, 3.63) is 65.7 Å². The number of rotatable bonds is 5. The van der Waals surface area contributed by atoms with Gasteiger partial charge in [-0.3, -0.25) is 4.79 Å². The predicted molar refractivity (Wildman–Crippen MR) is 85.7 cm³/mol. The number of carbonyl (C=O) groups is 2. The number of nitrogens with zero attached hydrogens (tertiary/aromatic N) is 1. The molecule has 0 saturated heterocycles. The summed E-state index contributed by atoms with van der Waals surface area (Å²) in [5.41, 5.74) is -0.160. The van der Waals surface area contributed by atoms with Gasteiger partial charge in [0.1, 0.15) is 17.2 Å². The van der Waals surface area contributed by atoms with Gasteiger partial charge in [0.05, 0.1) is 0 Å². The number of hydrogen-bond donors (Lipinski definition) is 0. The molecule has 2 aromatic carbocycles. The van der Waals surface area contributed by atoms with E-state index in [1.54, 1.807) is 24.3 Å². The van der Waals surface area contributed by atoms with Crippen molar-refractivity contribution < 1.29 is 23.1 Å². The molecule has 0 N–H and O–H groups in total. The molecule has 0 aliphatic heterocycles. The van der Waals surface area contributed by atoms with E-state index in [0.717, 1.165) is 18.2 Å². The molecule has 4 nitrogen and oxygen atoms in total. The van der Waals surface area contributed by atoms with Crippen molar-refractivity contribution in [3.8, 4) is 0 Å². The average molecular weight is 333 g/mol. The lowest BCUT2D eigenvalue weighted by molar-refractivity contribution is -0.122. The quantitative estimate of drug-likeness (QED) is 0.786. The summed E-state index contributed by atoms with van der Waals surface area (Å²) >= 11 is 0. The van der Waals surface area contributed by atoms with Crippen LogP contribution in [0.4, 0.5) is 14.5 Å². The zero-order valence-corrected chi connectivity index (χ0v) is 13.3. The molecule has 1 amide bonds. The summed E-state index contributed by atoms with van der Waals surface area (Å²) in [6, 6.07) is 11.7. The Morgan fingerprint density at radius 2 is 1.58 bits per heavy atom. The molecule has 0 aromatic heterocycles.